The van der Waals surface area contributed by atoms with E-state index in [9.17, 15) is 4.79 Å². The predicted octanol–water partition coefficient (Wildman–Crippen LogP) is 2.89. The highest BCUT2D eigenvalue weighted by atomic mass is 16.5. The fraction of sp³-hybridized carbons (Fsp3) is 0.786. The molecule has 1 unspecified atom stereocenters. The van der Waals surface area contributed by atoms with Crippen LogP contribution in [0.4, 0.5) is 0 Å². The maximum absolute atomic E-state index is 11.7. The van der Waals surface area contributed by atoms with Crippen molar-refractivity contribution in [2.45, 2.75) is 59.5 Å². The first-order valence-corrected chi connectivity index (χ1v) is 6.90. The molecule has 0 aromatic carbocycles. The maximum atomic E-state index is 11.7. The highest BCUT2D eigenvalue weighted by molar-refractivity contribution is 5.80. The Kier molecular flexibility index (Phi) is 5.66. The number of Topliss-reactive ketones (excluding diaryl/α,β-unsaturated/α-hetero) is 1. The van der Waals surface area contributed by atoms with Crippen molar-refractivity contribution in [2.75, 3.05) is 6.61 Å². The molecule has 0 aliphatic heterocycles. The van der Waals surface area contributed by atoms with Gasteiger partial charge in [0.15, 0.2) is 0 Å². The van der Waals surface area contributed by atoms with Crippen LogP contribution in [0.5, 0.6) is 0 Å². The second kappa shape index (κ2) is 6.80. The van der Waals surface area contributed by atoms with Crippen molar-refractivity contribution in [3.63, 3.8) is 0 Å². The third kappa shape index (κ3) is 4.42. The fourth-order valence-electron chi connectivity index (χ4n) is 1.88. The van der Waals surface area contributed by atoms with Gasteiger partial charge in [-0.25, -0.2) is 0 Å². The van der Waals surface area contributed by atoms with Crippen LogP contribution in [0.3, 0.4) is 0 Å². The van der Waals surface area contributed by atoms with E-state index in [-0.39, 0.29) is 12.2 Å². The highest BCUT2D eigenvalue weighted by Crippen LogP contribution is 2.26. The van der Waals surface area contributed by atoms with Crippen LogP contribution in [0.15, 0.2) is 4.52 Å². The number of hydrogen-bond donors (Lipinski definition) is 0. The molecule has 0 radical (unpaired) electrons. The Hall–Kier alpha value is -1.23. The third-order valence-corrected chi connectivity index (χ3v) is 3.06. The first-order chi connectivity index (χ1) is 8.91. The monoisotopic (exact) mass is 268 g/mol. The van der Waals surface area contributed by atoms with Gasteiger partial charge in [-0.15, -0.1) is 0 Å². The van der Waals surface area contributed by atoms with Crippen molar-refractivity contribution in [1.82, 2.24) is 10.1 Å². The molecule has 0 saturated heterocycles. The van der Waals surface area contributed by atoms with Gasteiger partial charge in [0, 0.05) is 13.0 Å². The number of carbonyl (C=O) groups is 1. The van der Waals surface area contributed by atoms with Gasteiger partial charge in [0.05, 0.1) is 6.42 Å². The molecule has 1 atom stereocenters. The summed E-state index contributed by atoms with van der Waals surface area (Å²) in [6, 6.07) is 0. The molecule has 0 spiro atoms. The SMILES string of the molecule is CCOC(C)(CC)c1noc(CC(=O)CC(C)C)n1. The molecule has 0 amide bonds. The van der Waals surface area contributed by atoms with Gasteiger partial charge >= 0.3 is 0 Å². The molecule has 0 aliphatic carbocycles. The zero-order valence-electron chi connectivity index (χ0n) is 12.5. The standard InChI is InChI=1S/C14H24N2O3/c1-6-14(5,18-7-2)13-15-12(19-16-13)9-11(17)8-10(3)4/h10H,6-9H2,1-5H3. The van der Waals surface area contributed by atoms with E-state index in [1.807, 2.05) is 34.6 Å². The molecule has 1 heterocycles. The van der Waals surface area contributed by atoms with Crippen LogP contribution in [0.25, 0.3) is 0 Å². The average molecular weight is 268 g/mol. The van der Waals surface area contributed by atoms with Crippen LogP contribution in [-0.2, 0) is 21.6 Å². The van der Waals surface area contributed by atoms with Gasteiger partial charge in [-0.05, 0) is 26.2 Å². The van der Waals surface area contributed by atoms with Gasteiger partial charge < -0.3 is 9.26 Å². The van der Waals surface area contributed by atoms with Crippen molar-refractivity contribution in [1.29, 1.82) is 0 Å². The normalized spacial score (nSPS) is 14.6. The van der Waals surface area contributed by atoms with Crippen LogP contribution < -0.4 is 0 Å². The first-order valence-electron chi connectivity index (χ1n) is 6.90. The molecule has 1 rings (SSSR count). The van der Waals surface area contributed by atoms with E-state index in [1.165, 1.54) is 0 Å². The molecule has 108 valence electrons. The molecular formula is C14H24N2O3. The topological polar surface area (TPSA) is 65.2 Å². The molecule has 19 heavy (non-hydrogen) atoms. The summed E-state index contributed by atoms with van der Waals surface area (Å²) in [5, 5.41) is 3.95. The number of ether oxygens (including phenoxy) is 1. The summed E-state index contributed by atoms with van der Waals surface area (Å²) in [6.45, 7) is 10.5. The Labute approximate surface area is 114 Å². The van der Waals surface area contributed by atoms with E-state index in [0.29, 0.717) is 30.7 Å². The fourth-order valence-corrected chi connectivity index (χ4v) is 1.88. The molecular weight excluding hydrogens is 244 g/mol. The van der Waals surface area contributed by atoms with E-state index < -0.39 is 5.60 Å². The summed E-state index contributed by atoms with van der Waals surface area (Å²) in [6.07, 6.45) is 1.49. The molecule has 5 heteroatoms. The van der Waals surface area contributed by atoms with Gasteiger partial charge in [0.25, 0.3) is 0 Å². The summed E-state index contributed by atoms with van der Waals surface area (Å²) in [7, 11) is 0. The van der Waals surface area contributed by atoms with E-state index in [4.69, 9.17) is 9.26 Å². The lowest BCUT2D eigenvalue weighted by atomic mass is 10.0. The minimum Gasteiger partial charge on any atom is -0.367 e. The highest BCUT2D eigenvalue weighted by Gasteiger charge is 2.31. The van der Waals surface area contributed by atoms with E-state index in [1.54, 1.807) is 0 Å². The first kappa shape index (κ1) is 15.8. The summed E-state index contributed by atoms with van der Waals surface area (Å²) < 4.78 is 10.8. The summed E-state index contributed by atoms with van der Waals surface area (Å²) in [4.78, 5) is 16.0. The van der Waals surface area contributed by atoms with Gasteiger partial charge in [-0.3, -0.25) is 4.79 Å². The van der Waals surface area contributed by atoms with Gasteiger partial charge in [0.2, 0.25) is 11.7 Å². The zero-order chi connectivity index (χ0) is 14.5. The zero-order valence-corrected chi connectivity index (χ0v) is 12.5. The van der Waals surface area contributed by atoms with E-state index >= 15 is 0 Å². The van der Waals surface area contributed by atoms with Gasteiger partial charge in [0.1, 0.15) is 11.4 Å². The number of aromatic nitrogens is 2. The lowest BCUT2D eigenvalue weighted by Gasteiger charge is -2.23. The number of rotatable bonds is 8. The summed E-state index contributed by atoms with van der Waals surface area (Å²) in [5.74, 6) is 1.36. The Bertz CT molecular complexity index is 415. The molecule has 0 aliphatic rings. The quantitative estimate of drug-likeness (QED) is 0.725. The van der Waals surface area contributed by atoms with Gasteiger partial charge in [-0.2, -0.15) is 4.98 Å². The van der Waals surface area contributed by atoms with Crippen LogP contribution in [0, 0.1) is 5.92 Å². The van der Waals surface area contributed by atoms with Crippen molar-refractivity contribution in [3.05, 3.63) is 11.7 Å². The van der Waals surface area contributed by atoms with Crippen LogP contribution in [-0.4, -0.2) is 22.5 Å². The Morgan fingerprint density at radius 3 is 2.63 bits per heavy atom. The van der Waals surface area contributed by atoms with Gasteiger partial charge in [-0.1, -0.05) is 25.9 Å². The smallest absolute Gasteiger partial charge is 0.234 e. The van der Waals surface area contributed by atoms with Crippen molar-refractivity contribution in [2.24, 2.45) is 5.92 Å². The minimum atomic E-state index is -0.544. The third-order valence-electron chi connectivity index (χ3n) is 3.06. The minimum absolute atomic E-state index is 0.125. The average Bonchev–Trinajstić information content (AvgIpc) is 2.77. The summed E-state index contributed by atoms with van der Waals surface area (Å²) in [5.41, 5.74) is -0.544. The number of ketones is 1. The lowest BCUT2D eigenvalue weighted by molar-refractivity contribution is -0.119. The molecule has 0 fully saturated rings. The molecule has 0 bridgehead atoms. The number of hydrogen-bond acceptors (Lipinski definition) is 5. The van der Waals surface area contributed by atoms with E-state index in [0.717, 1.165) is 6.42 Å². The van der Waals surface area contributed by atoms with E-state index in [2.05, 4.69) is 10.1 Å². The Balaban J connectivity index is 2.73. The number of carbonyl (C=O) groups excluding carboxylic acids is 1. The van der Waals surface area contributed by atoms with Crippen molar-refractivity contribution >= 4 is 5.78 Å². The Morgan fingerprint density at radius 2 is 2.11 bits per heavy atom. The lowest BCUT2D eigenvalue weighted by Crippen LogP contribution is -2.26. The van der Waals surface area contributed by atoms with Crippen molar-refractivity contribution in [3.8, 4) is 0 Å². The number of nitrogens with zero attached hydrogens (tertiary/aromatic N) is 2. The summed E-state index contributed by atoms with van der Waals surface area (Å²) >= 11 is 0. The maximum Gasteiger partial charge on any atom is 0.234 e. The van der Waals surface area contributed by atoms with Crippen LogP contribution in [0.2, 0.25) is 0 Å². The predicted molar refractivity (Wildman–Crippen MR) is 71.7 cm³/mol. The van der Waals surface area contributed by atoms with Crippen LogP contribution in [0.1, 0.15) is 59.2 Å². The largest absolute Gasteiger partial charge is 0.367 e. The molecule has 0 saturated carbocycles. The molecule has 5 nitrogen and oxygen atoms in total. The second-order valence-corrected chi connectivity index (χ2v) is 5.34. The molecule has 1 aromatic heterocycles. The van der Waals surface area contributed by atoms with Crippen molar-refractivity contribution < 1.29 is 14.1 Å². The second-order valence-electron chi connectivity index (χ2n) is 5.34. The van der Waals surface area contributed by atoms with Crippen LogP contribution >= 0.6 is 0 Å². The Morgan fingerprint density at radius 1 is 1.42 bits per heavy atom. The molecule has 0 N–H and O–H groups in total. The molecule has 1 aromatic rings.